The largest absolute Gasteiger partial charge is 0.373 e. The molecular formula is C14H25N3OS. The number of anilines is 1. The molecular weight excluding hydrogens is 258 g/mol. The van der Waals surface area contributed by atoms with Crippen molar-refractivity contribution in [3.05, 3.63) is 5.82 Å². The molecule has 1 unspecified atom stereocenters. The van der Waals surface area contributed by atoms with Gasteiger partial charge in [0.1, 0.15) is 6.10 Å². The first-order valence-corrected chi connectivity index (χ1v) is 8.08. The van der Waals surface area contributed by atoms with Crippen molar-refractivity contribution in [3.63, 3.8) is 0 Å². The summed E-state index contributed by atoms with van der Waals surface area (Å²) >= 11 is 1.45. The van der Waals surface area contributed by atoms with Gasteiger partial charge >= 0.3 is 0 Å². The highest BCUT2D eigenvalue weighted by molar-refractivity contribution is 7.09. The molecule has 5 heteroatoms. The van der Waals surface area contributed by atoms with Crippen molar-refractivity contribution in [2.75, 3.05) is 19.0 Å². The minimum Gasteiger partial charge on any atom is -0.373 e. The zero-order chi connectivity index (χ0) is 13.7. The zero-order valence-corrected chi connectivity index (χ0v) is 13.0. The molecule has 1 aromatic rings. The highest BCUT2D eigenvalue weighted by atomic mass is 32.1. The van der Waals surface area contributed by atoms with Gasteiger partial charge in [0.05, 0.1) is 0 Å². The van der Waals surface area contributed by atoms with Crippen LogP contribution in [0.15, 0.2) is 0 Å². The predicted molar refractivity (Wildman–Crippen MR) is 79.6 cm³/mol. The van der Waals surface area contributed by atoms with Gasteiger partial charge in [0.2, 0.25) is 5.13 Å². The van der Waals surface area contributed by atoms with E-state index in [0.717, 1.165) is 17.5 Å². The van der Waals surface area contributed by atoms with Crippen molar-refractivity contribution in [1.82, 2.24) is 9.36 Å². The molecule has 1 aromatic heterocycles. The first kappa shape index (κ1) is 14.7. The maximum absolute atomic E-state index is 5.67. The fourth-order valence-corrected chi connectivity index (χ4v) is 3.27. The summed E-state index contributed by atoms with van der Waals surface area (Å²) in [7, 11) is 1.78. The Bertz CT molecular complexity index is 375. The topological polar surface area (TPSA) is 47.0 Å². The molecule has 1 atom stereocenters. The van der Waals surface area contributed by atoms with E-state index in [4.69, 9.17) is 4.74 Å². The summed E-state index contributed by atoms with van der Waals surface area (Å²) in [5, 5.41) is 4.25. The lowest BCUT2D eigenvalue weighted by Gasteiger charge is -2.27. The van der Waals surface area contributed by atoms with E-state index in [1.165, 1.54) is 43.6 Å². The summed E-state index contributed by atoms with van der Waals surface area (Å²) < 4.78 is 10.2. The molecule has 1 heterocycles. The summed E-state index contributed by atoms with van der Waals surface area (Å²) in [5.41, 5.74) is 0. The average Bonchev–Trinajstić information content (AvgIpc) is 2.87. The van der Waals surface area contributed by atoms with Gasteiger partial charge < -0.3 is 10.1 Å². The fourth-order valence-electron chi connectivity index (χ4n) is 2.66. The van der Waals surface area contributed by atoms with E-state index >= 15 is 0 Å². The minimum absolute atomic E-state index is 0.0751. The Morgan fingerprint density at radius 3 is 2.68 bits per heavy atom. The van der Waals surface area contributed by atoms with Gasteiger partial charge in [0.15, 0.2) is 5.82 Å². The third kappa shape index (κ3) is 4.14. The van der Waals surface area contributed by atoms with Crippen LogP contribution in [-0.4, -0.2) is 23.0 Å². The standard InChI is InChI=1S/C14H25N3OS/c1-10(2)9-15-14-16-13(17-19-14)12(18-3)11-7-5-4-6-8-11/h10-12H,4-9H2,1-3H3,(H,15,16,17). The van der Waals surface area contributed by atoms with Gasteiger partial charge in [-0.2, -0.15) is 4.37 Å². The van der Waals surface area contributed by atoms with Crippen LogP contribution in [0.25, 0.3) is 0 Å². The van der Waals surface area contributed by atoms with Gasteiger partial charge in [0.25, 0.3) is 0 Å². The van der Waals surface area contributed by atoms with Crippen molar-refractivity contribution >= 4 is 16.7 Å². The van der Waals surface area contributed by atoms with Crippen LogP contribution in [0, 0.1) is 11.8 Å². The lowest BCUT2D eigenvalue weighted by atomic mass is 9.85. The molecule has 1 saturated carbocycles. The SMILES string of the molecule is COC(c1nsc(NCC(C)C)n1)C1CCCCC1. The molecule has 1 aliphatic rings. The van der Waals surface area contributed by atoms with Gasteiger partial charge in [-0.05, 0) is 24.7 Å². The monoisotopic (exact) mass is 283 g/mol. The molecule has 0 bridgehead atoms. The van der Waals surface area contributed by atoms with Crippen LogP contribution in [-0.2, 0) is 4.74 Å². The van der Waals surface area contributed by atoms with E-state index in [0.29, 0.717) is 11.8 Å². The third-order valence-electron chi connectivity index (χ3n) is 3.69. The lowest BCUT2D eigenvalue weighted by molar-refractivity contribution is 0.0298. The number of methoxy groups -OCH3 is 1. The van der Waals surface area contributed by atoms with E-state index in [-0.39, 0.29) is 6.10 Å². The van der Waals surface area contributed by atoms with Crippen LogP contribution in [0.5, 0.6) is 0 Å². The Labute approximate surface area is 120 Å². The van der Waals surface area contributed by atoms with Crippen molar-refractivity contribution in [2.24, 2.45) is 11.8 Å². The average molecular weight is 283 g/mol. The molecule has 0 saturated heterocycles. The van der Waals surface area contributed by atoms with Gasteiger partial charge in [-0.25, -0.2) is 4.98 Å². The zero-order valence-electron chi connectivity index (χ0n) is 12.2. The van der Waals surface area contributed by atoms with Crippen molar-refractivity contribution < 1.29 is 4.74 Å². The highest BCUT2D eigenvalue weighted by Gasteiger charge is 2.28. The molecule has 0 spiro atoms. The van der Waals surface area contributed by atoms with E-state index in [1.54, 1.807) is 7.11 Å². The number of aromatic nitrogens is 2. The maximum atomic E-state index is 5.67. The molecule has 0 radical (unpaired) electrons. The molecule has 1 aliphatic carbocycles. The number of nitrogens with zero attached hydrogens (tertiary/aromatic N) is 2. The van der Waals surface area contributed by atoms with E-state index in [1.807, 2.05) is 0 Å². The molecule has 1 fully saturated rings. The smallest absolute Gasteiger partial charge is 0.202 e. The van der Waals surface area contributed by atoms with Gasteiger partial charge in [-0.15, -0.1) is 0 Å². The molecule has 4 nitrogen and oxygen atoms in total. The summed E-state index contributed by atoms with van der Waals surface area (Å²) in [5.74, 6) is 2.07. The number of nitrogens with one attached hydrogen (secondary N) is 1. The van der Waals surface area contributed by atoms with Crippen LogP contribution >= 0.6 is 11.5 Å². The van der Waals surface area contributed by atoms with Crippen LogP contribution in [0.1, 0.15) is 57.9 Å². The molecule has 0 aromatic carbocycles. The Morgan fingerprint density at radius 1 is 1.32 bits per heavy atom. The van der Waals surface area contributed by atoms with Crippen LogP contribution in [0.3, 0.4) is 0 Å². The molecule has 1 N–H and O–H groups in total. The number of hydrogen-bond acceptors (Lipinski definition) is 5. The maximum Gasteiger partial charge on any atom is 0.202 e. The first-order valence-electron chi connectivity index (χ1n) is 7.31. The van der Waals surface area contributed by atoms with Crippen molar-refractivity contribution in [1.29, 1.82) is 0 Å². The Kier molecular flexibility index (Phi) is 5.58. The summed E-state index contributed by atoms with van der Waals surface area (Å²) in [6.07, 6.45) is 6.55. The normalized spacial score (nSPS) is 18.7. The predicted octanol–water partition coefficient (Wildman–Crippen LogP) is 3.87. The number of ether oxygens (including phenoxy) is 1. The Morgan fingerprint density at radius 2 is 2.05 bits per heavy atom. The van der Waals surface area contributed by atoms with Gasteiger partial charge in [-0.1, -0.05) is 33.1 Å². The molecule has 2 rings (SSSR count). The summed E-state index contributed by atoms with van der Waals surface area (Å²) in [6.45, 7) is 5.32. The highest BCUT2D eigenvalue weighted by Crippen LogP contribution is 2.36. The second kappa shape index (κ2) is 7.20. The van der Waals surface area contributed by atoms with E-state index in [2.05, 4.69) is 28.5 Å². The van der Waals surface area contributed by atoms with Crippen molar-refractivity contribution in [2.45, 2.75) is 52.1 Å². The van der Waals surface area contributed by atoms with Crippen LogP contribution in [0.4, 0.5) is 5.13 Å². The number of rotatable bonds is 6. The fraction of sp³-hybridized carbons (Fsp3) is 0.857. The molecule has 0 amide bonds. The second-order valence-corrected chi connectivity index (χ2v) is 6.54. The van der Waals surface area contributed by atoms with Gasteiger partial charge in [0, 0.05) is 25.2 Å². The van der Waals surface area contributed by atoms with Gasteiger partial charge in [-0.3, -0.25) is 0 Å². The molecule has 108 valence electrons. The number of hydrogen-bond donors (Lipinski definition) is 1. The summed E-state index contributed by atoms with van der Waals surface area (Å²) in [6, 6.07) is 0. The quantitative estimate of drug-likeness (QED) is 0.861. The van der Waals surface area contributed by atoms with E-state index in [9.17, 15) is 0 Å². The minimum atomic E-state index is 0.0751. The molecule has 0 aliphatic heterocycles. The Hall–Kier alpha value is -0.680. The lowest BCUT2D eigenvalue weighted by Crippen LogP contribution is -2.19. The Balaban J connectivity index is 1.98. The van der Waals surface area contributed by atoms with Crippen molar-refractivity contribution in [3.8, 4) is 0 Å². The molecule has 19 heavy (non-hydrogen) atoms. The van der Waals surface area contributed by atoms with Crippen LogP contribution in [0.2, 0.25) is 0 Å². The second-order valence-electron chi connectivity index (χ2n) is 5.79. The van der Waals surface area contributed by atoms with E-state index < -0.39 is 0 Å². The third-order valence-corrected chi connectivity index (χ3v) is 4.38. The summed E-state index contributed by atoms with van der Waals surface area (Å²) in [4.78, 5) is 4.60. The first-order chi connectivity index (χ1) is 9.20. The van der Waals surface area contributed by atoms with Crippen LogP contribution < -0.4 is 5.32 Å².